The highest BCUT2D eigenvalue weighted by Gasteiger charge is 2.37. The lowest BCUT2D eigenvalue weighted by Crippen LogP contribution is -2.54. The monoisotopic (exact) mass is 389 g/mol. The maximum atomic E-state index is 12.9. The Hall–Kier alpha value is -0.810. The number of hydrogen-bond acceptors (Lipinski definition) is 3. The number of carbonyl (C=O) groups excluding carboxylic acids is 1. The van der Waals surface area contributed by atoms with Crippen LogP contribution < -0.4 is 5.73 Å². The topological polar surface area (TPSA) is 49.6 Å². The third-order valence-electron chi connectivity index (χ3n) is 5.51. The lowest BCUT2D eigenvalue weighted by Gasteiger charge is -2.40. The molecule has 4 nitrogen and oxygen atoms in total. The van der Waals surface area contributed by atoms with E-state index in [4.69, 9.17) is 5.73 Å². The Balaban J connectivity index is 0.00000288. The predicted octanol–water partition coefficient (Wildman–Crippen LogP) is 3.25. The fraction of sp³-hybridized carbons (Fsp3) is 0.632. The maximum Gasteiger partial charge on any atom is 0.230 e. The first-order valence-corrected chi connectivity index (χ1v) is 8.82. The van der Waals surface area contributed by atoms with E-state index < -0.39 is 0 Å². The van der Waals surface area contributed by atoms with Gasteiger partial charge in [-0.05, 0) is 30.9 Å². The minimum Gasteiger partial charge on any atom is -0.340 e. The molecule has 1 aromatic rings. The molecule has 1 fully saturated rings. The summed E-state index contributed by atoms with van der Waals surface area (Å²) < 4.78 is 0. The fourth-order valence-electron chi connectivity index (χ4n) is 3.40. The summed E-state index contributed by atoms with van der Waals surface area (Å²) >= 11 is 0. The first kappa shape index (κ1) is 24.2. The molecule has 1 aromatic carbocycles. The Labute approximate surface area is 164 Å². The average Bonchev–Trinajstić information content (AvgIpc) is 2.59. The zero-order valence-electron chi connectivity index (χ0n) is 15.7. The van der Waals surface area contributed by atoms with Crippen molar-refractivity contribution >= 4 is 30.7 Å². The molecule has 0 bridgehead atoms. The summed E-state index contributed by atoms with van der Waals surface area (Å²) in [5.41, 5.74) is 8.28. The molecule has 1 aliphatic heterocycles. The minimum atomic E-state index is -0.363. The number of halogens is 2. The Morgan fingerprint density at radius 3 is 2.12 bits per heavy atom. The summed E-state index contributed by atoms with van der Waals surface area (Å²) in [6.45, 7) is 11.2. The van der Waals surface area contributed by atoms with Crippen LogP contribution >= 0.6 is 24.8 Å². The van der Waals surface area contributed by atoms with Gasteiger partial charge in [-0.1, -0.05) is 38.1 Å². The summed E-state index contributed by atoms with van der Waals surface area (Å²) in [6, 6.07) is 8.53. The van der Waals surface area contributed by atoms with Crippen LogP contribution in [0.3, 0.4) is 0 Å². The van der Waals surface area contributed by atoms with Crippen molar-refractivity contribution in [2.45, 2.75) is 40.2 Å². The Bertz CT molecular complexity index is 519. The molecule has 1 saturated heterocycles. The molecule has 6 heteroatoms. The maximum absolute atomic E-state index is 12.9. The van der Waals surface area contributed by atoms with Crippen LogP contribution in [0.5, 0.6) is 0 Å². The van der Waals surface area contributed by atoms with Gasteiger partial charge in [0.2, 0.25) is 5.91 Å². The third-order valence-corrected chi connectivity index (χ3v) is 5.51. The lowest BCUT2D eigenvalue weighted by molar-refractivity contribution is -0.144. The minimum absolute atomic E-state index is 0. The van der Waals surface area contributed by atoms with E-state index in [1.165, 1.54) is 11.1 Å². The van der Waals surface area contributed by atoms with Crippen molar-refractivity contribution in [3.63, 3.8) is 0 Å². The molecule has 25 heavy (non-hydrogen) atoms. The summed E-state index contributed by atoms with van der Waals surface area (Å²) in [4.78, 5) is 17.3. The van der Waals surface area contributed by atoms with Gasteiger partial charge in [0.1, 0.15) is 0 Å². The smallest absolute Gasteiger partial charge is 0.230 e. The molecule has 2 N–H and O–H groups in total. The quantitative estimate of drug-likeness (QED) is 0.811. The molecular formula is C19H33Cl2N3O. The second-order valence-electron chi connectivity index (χ2n) is 6.69. The van der Waals surface area contributed by atoms with Gasteiger partial charge in [-0.15, -0.1) is 24.8 Å². The van der Waals surface area contributed by atoms with E-state index in [2.05, 4.69) is 49.9 Å². The van der Waals surface area contributed by atoms with Crippen molar-refractivity contribution in [1.29, 1.82) is 0 Å². The Morgan fingerprint density at radius 2 is 1.64 bits per heavy atom. The summed E-state index contributed by atoms with van der Waals surface area (Å²) in [6.07, 6.45) is 1.64. The highest BCUT2D eigenvalue weighted by Crippen LogP contribution is 2.28. The summed E-state index contributed by atoms with van der Waals surface area (Å²) in [7, 11) is 0. The van der Waals surface area contributed by atoms with Gasteiger partial charge >= 0.3 is 0 Å². The third kappa shape index (κ3) is 5.58. The van der Waals surface area contributed by atoms with Crippen molar-refractivity contribution in [3.8, 4) is 0 Å². The van der Waals surface area contributed by atoms with Crippen LogP contribution in [0.15, 0.2) is 24.3 Å². The molecule has 0 unspecified atom stereocenters. The molecule has 0 atom stereocenters. The SMILES string of the molecule is CCC(CC)(CN)C(=O)N1CCN(Cc2ccccc2C)CC1.Cl.Cl. The number of aryl methyl sites for hydroxylation is 1. The van der Waals surface area contributed by atoms with Gasteiger partial charge in [0.25, 0.3) is 0 Å². The van der Waals surface area contributed by atoms with Gasteiger partial charge in [-0.2, -0.15) is 0 Å². The molecule has 0 spiro atoms. The van der Waals surface area contributed by atoms with Gasteiger partial charge in [0.15, 0.2) is 0 Å². The fourth-order valence-corrected chi connectivity index (χ4v) is 3.40. The Kier molecular flexibility index (Phi) is 10.7. The van der Waals surface area contributed by atoms with Crippen LogP contribution in [0, 0.1) is 12.3 Å². The Morgan fingerprint density at radius 1 is 1.08 bits per heavy atom. The standard InChI is InChI=1S/C19H31N3O.2ClH/c1-4-19(5-2,15-20)18(23)22-12-10-21(11-13-22)14-17-9-7-6-8-16(17)3;;/h6-9H,4-5,10-15,20H2,1-3H3;2*1H. The molecule has 0 radical (unpaired) electrons. The highest BCUT2D eigenvalue weighted by atomic mass is 35.5. The average molecular weight is 390 g/mol. The molecular weight excluding hydrogens is 357 g/mol. The number of hydrogen-bond donors (Lipinski definition) is 1. The van der Waals surface area contributed by atoms with Crippen molar-refractivity contribution in [1.82, 2.24) is 9.80 Å². The largest absolute Gasteiger partial charge is 0.340 e. The van der Waals surface area contributed by atoms with Crippen LogP contribution in [0.2, 0.25) is 0 Å². The first-order valence-electron chi connectivity index (χ1n) is 8.82. The van der Waals surface area contributed by atoms with Crippen LogP contribution in [-0.4, -0.2) is 48.4 Å². The van der Waals surface area contributed by atoms with Crippen molar-refractivity contribution in [2.24, 2.45) is 11.1 Å². The number of nitrogens with two attached hydrogens (primary N) is 1. The van der Waals surface area contributed by atoms with E-state index in [0.29, 0.717) is 6.54 Å². The van der Waals surface area contributed by atoms with Crippen molar-refractivity contribution < 1.29 is 4.79 Å². The number of amides is 1. The summed E-state index contributed by atoms with van der Waals surface area (Å²) in [5, 5.41) is 0. The van der Waals surface area contributed by atoms with E-state index >= 15 is 0 Å². The molecule has 0 saturated carbocycles. The number of carbonyl (C=O) groups is 1. The van der Waals surface area contributed by atoms with Crippen LogP contribution in [0.4, 0.5) is 0 Å². The lowest BCUT2D eigenvalue weighted by atomic mass is 9.81. The van der Waals surface area contributed by atoms with E-state index in [-0.39, 0.29) is 36.1 Å². The first-order chi connectivity index (χ1) is 11.1. The molecule has 0 aromatic heterocycles. The zero-order chi connectivity index (χ0) is 16.9. The van der Waals surface area contributed by atoms with E-state index in [9.17, 15) is 4.79 Å². The normalized spacial score (nSPS) is 15.3. The van der Waals surface area contributed by atoms with Crippen molar-refractivity contribution in [2.75, 3.05) is 32.7 Å². The van der Waals surface area contributed by atoms with E-state index in [0.717, 1.165) is 45.6 Å². The van der Waals surface area contributed by atoms with Crippen LogP contribution in [0.25, 0.3) is 0 Å². The molecule has 2 rings (SSSR count). The molecule has 0 aliphatic carbocycles. The molecule has 1 heterocycles. The molecule has 144 valence electrons. The second kappa shape index (κ2) is 11.0. The summed E-state index contributed by atoms with van der Waals surface area (Å²) in [5.74, 6) is 0.251. The second-order valence-corrected chi connectivity index (χ2v) is 6.69. The van der Waals surface area contributed by atoms with Gasteiger partial charge in [0, 0.05) is 39.3 Å². The van der Waals surface area contributed by atoms with Gasteiger partial charge < -0.3 is 10.6 Å². The van der Waals surface area contributed by atoms with Crippen molar-refractivity contribution in [3.05, 3.63) is 35.4 Å². The van der Waals surface area contributed by atoms with Gasteiger partial charge in [0.05, 0.1) is 5.41 Å². The van der Waals surface area contributed by atoms with Gasteiger partial charge in [-0.3, -0.25) is 9.69 Å². The number of piperazine rings is 1. The molecule has 1 aliphatic rings. The van der Waals surface area contributed by atoms with E-state index in [1.807, 2.05) is 4.90 Å². The number of nitrogens with zero attached hydrogens (tertiary/aromatic N) is 2. The molecule has 1 amide bonds. The highest BCUT2D eigenvalue weighted by molar-refractivity contribution is 5.85. The zero-order valence-corrected chi connectivity index (χ0v) is 17.3. The van der Waals surface area contributed by atoms with E-state index in [1.54, 1.807) is 0 Å². The predicted molar refractivity (Wildman–Crippen MR) is 110 cm³/mol. The van der Waals surface area contributed by atoms with Crippen LogP contribution in [0.1, 0.15) is 37.8 Å². The van der Waals surface area contributed by atoms with Gasteiger partial charge in [-0.25, -0.2) is 0 Å². The number of rotatable bonds is 6. The number of benzene rings is 1. The van der Waals surface area contributed by atoms with Crippen LogP contribution in [-0.2, 0) is 11.3 Å².